The second-order valence-electron chi connectivity index (χ2n) is 2.89. The van der Waals surface area contributed by atoms with E-state index in [0.717, 1.165) is 31.5 Å². The minimum Gasteiger partial charge on any atom is -0.381 e. The molecule has 1 heterocycles. The summed E-state index contributed by atoms with van der Waals surface area (Å²) in [6.07, 6.45) is 0.749. The fourth-order valence-electron chi connectivity index (χ4n) is 1.77. The van der Waals surface area contributed by atoms with Crippen LogP contribution in [-0.4, -0.2) is 13.2 Å². The molecule has 0 bridgehead atoms. The molecule has 3 atom stereocenters. The molecule has 1 aliphatic heterocycles. The summed E-state index contributed by atoms with van der Waals surface area (Å²) >= 11 is 0. The normalized spacial score (nSPS) is 45.9. The van der Waals surface area contributed by atoms with E-state index in [9.17, 15) is 0 Å². The Balaban J connectivity index is 1.89. The highest BCUT2D eigenvalue weighted by molar-refractivity contribution is 5.03. The second-order valence-corrected chi connectivity index (χ2v) is 2.89. The molecule has 0 N–H and O–H groups in total. The number of fused-ring (bicyclic) bond motifs is 1. The zero-order valence-electron chi connectivity index (χ0n) is 5.21. The molecule has 0 aromatic heterocycles. The number of nitrogens with zero attached hydrogens (tertiary/aromatic N) is 1. The van der Waals surface area contributed by atoms with Gasteiger partial charge in [-0.1, -0.05) is 0 Å². The van der Waals surface area contributed by atoms with Gasteiger partial charge in [0.1, 0.15) is 0 Å². The summed E-state index contributed by atoms with van der Waals surface area (Å²) in [5.41, 5.74) is 0. The maximum absolute atomic E-state index is 8.34. The van der Waals surface area contributed by atoms with Crippen molar-refractivity contribution in [1.29, 1.82) is 5.26 Å². The molecule has 2 rings (SSSR count). The van der Waals surface area contributed by atoms with E-state index in [4.69, 9.17) is 10.00 Å². The summed E-state index contributed by atoms with van der Waals surface area (Å²) in [4.78, 5) is 0. The van der Waals surface area contributed by atoms with Gasteiger partial charge in [-0.25, -0.2) is 0 Å². The molecule has 0 spiro atoms. The second kappa shape index (κ2) is 1.71. The summed E-state index contributed by atoms with van der Waals surface area (Å²) in [6.45, 7) is 1.83. The zero-order valence-corrected chi connectivity index (χ0v) is 5.21. The summed E-state index contributed by atoms with van der Waals surface area (Å²) in [7, 11) is 0. The van der Waals surface area contributed by atoms with Crippen molar-refractivity contribution >= 4 is 0 Å². The Morgan fingerprint density at radius 3 is 2.67 bits per heavy atom. The molecule has 2 nitrogen and oxygen atoms in total. The van der Waals surface area contributed by atoms with Crippen molar-refractivity contribution in [3.8, 4) is 6.07 Å². The molecule has 1 saturated carbocycles. The third-order valence-corrected chi connectivity index (χ3v) is 2.46. The first kappa shape index (κ1) is 5.25. The van der Waals surface area contributed by atoms with Crippen LogP contribution in [0, 0.1) is 29.1 Å². The van der Waals surface area contributed by atoms with Gasteiger partial charge in [0.2, 0.25) is 0 Å². The van der Waals surface area contributed by atoms with Gasteiger partial charge in [-0.3, -0.25) is 0 Å². The van der Waals surface area contributed by atoms with Gasteiger partial charge in [0.15, 0.2) is 0 Å². The van der Waals surface area contributed by atoms with Crippen molar-refractivity contribution in [2.24, 2.45) is 17.8 Å². The minimum atomic E-state index is 0.698. The average molecular weight is 123 g/mol. The monoisotopic (exact) mass is 123 g/mol. The number of nitriles is 1. The molecule has 0 aromatic carbocycles. The van der Waals surface area contributed by atoms with Crippen LogP contribution in [0.15, 0.2) is 0 Å². The van der Waals surface area contributed by atoms with E-state index in [0.29, 0.717) is 5.92 Å². The molecule has 0 aromatic rings. The molecule has 1 aliphatic carbocycles. The molecule has 0 radical (unpaired) electrons. The van der Waals surface area contributed by atoms with Gasteiger partial charge >= 0.3 is 0 Å². The van der Waals surface area contributed by atoms with Crippen molar-refractivity contribution in [3.05, 3.63) is 0 Å². The van der Waals surface area contributed by atoms with Crippen molar-refractivity contribution in [2.45, 2.75) is 6.42 Å². The van der Waals surface area contributed by atoms with Crippen LogP contribution in [0.5, 0.6) is 0 Å². The predicted octanol–water partition coefficient (Wildman–Crippen LogP) is 0.792. The quantitative estimate of drug-likeness (QED) is 0.516. The standard InChI is InChI=1S/C7H9NO/c8-2-1-5-6-3-9-4-7(5)6/h5-7H,1,3-4H2/t5?,6-,7+. The van der Waals surface area contributed by atoms with Gasteiger partial charge in [0, 0.05) is 6.42 Å². The Morgan fingerprint density at radius 1 is 1.44 bits per heavy atom. The van der Waals surface area contributed by atoms with E-state index in [1.807, 2.05) is 0 Å². The summed E-state index contributed by atoms with van der Waals surface area (Å²) in [5, 5.41) is 8.34. The number of hydrogen-bond donors (Lipinski definition) is 0. The lowest BCUT2D eigenvalue weighted by Crippen LogP contribution is -1.96. The van der Waals surface area contributed by atoms with Crippen LogP contribution in [0.1, 0.15) is 6.42 Å². The van der Waals surface area contributed by atoms with E-state index in [-0.39, 0.29) is 0 Å². The van der Waals surface area contributed by atoms with Crippen LogP contribution < -0.4 is 0 Å². The van der Waals surface area contributed by atoms with Gasteiger partial charge < -0.3 is 4.74 Å². The van der Waals surface area contributed by atoms with Crippen LogP contribution in [0.2, 0.25) is 0 Å². The first-order valence-electron chi connectivity index (χ1n) is 3.38. The highest BCUT2D eigenvalue weighted by Crippen LogP contribution is 2.52. The third-order valence-electron chi connectivity index (χ3n) is 2.46. The Hall–Kier alpha value is -0.550. The molecule has 9 heavy (non-hydrogen) atoms. The largest absolute Gasteiger partial charge is 0.381 e. The van der Waals surface area contributed by atoms with E-state index in [1.54, 1.807) is 0 Å². The van der Waals surface area contributed by atoms with Gasteiger partial charge in [0.25, 0.3) is 0 Å². The molecule has 2 aliphatic rings. The van der Waals surface area contributed by atoms with Crippen LogP contribution in [0.3, 0.4) is 0 Å². The zero-order chi connectivity index (χ0) is 6.27. The van der Waals surface area contributed by atoms with E-state index < -0.39 is 0 Å². The first-order valence-corrected chi connectivity index (χ1v) is 3.38. The number of hydrogen-bond acceptors (Lipinski definition) is 2. The molecule has 48 valence electrons. The van der Waals surface area contributed by atoms with Crippen LogP contribution in [-0.2, 0) is 4.74 Å². The lowest BCUT2D eigenvalue weighted by Gasteiger charge is -1.96. The van der Waals surface area contributed by atoms with Crippen LogP contribution >= 0.6 is 0 Å². The van der Waals surface area contributed by atoms with E-state index >= 15 is 0 Å². The average Bonchev–Trinajstić information content (AvgIpc) is 2.39. The van der Waals surface area contributed by atoms with Gasteiger partial charge in [-0.2, -0.15) is 5.26 Å². The molecule has 2 fully saturated rings. The SMILES string of the molecule is N#CCC1[C@H]2COC[C@@H]12. The molecular formula is C7H9NO. The number of rotatable bonds is 1. The van der Waals surface area contributed by atoms with Gasteiger partial charge in [-0.05, 0) is 17.8 Å². The molecular weight excluding hydrogens is 114 g/mol. The Bertz CT molecular complexity index is 151. The molecule has 1 unspecified atom stereocenters. The summed E-state index contributed by atoms with van der Waals surface area (Å²) in [5.74, 6) is 2.21. The highest BCUT2D eigenvalue weighted by atomic mass is 16.5. The van der Waals surface area contributed by atoms with Crippen LogP contribution in [0.25, 0.3) is 0 Å². The van der Waals surface area contributed by atoms with Crippen molar-refractivity contribution in [3.63, 3.8) is 0 Å². The van der Waals surface area contributed by atoms with Crippen molar-refractivity contribution in [2.75, 3.05) is 13.2 Å². The maximum atomic E-state index is 8.34. The molecule has 0 amide bonds. The van der Waals surface area contributed by atoms with E-state index in [1.165, 1.54) is 0 Å². The minimum absolute atomic E-state index is 0.698. The topological polar surface area (TPSA) is 33.0 Å². The lowest BCUT2D eigenvalue weighted by molar-refractivity contribution is 0.152. The Morgan fingerprint density at radius 2 is 2.11 bits per heavy atom. The summed E-state index contributed by atoms with van der Waals surface area (Å²) in [6, 6.07) is 2.20. The first-order chi connectivity index (χ1) is 4.43. The lowest BCUT2D eigenvalue weighted by atomic mass is 10.2. The van der Waals surface area contributed by atoms with Gasteiger partial charge in [-0.15, -0.1) is 0 Å². The van der Waals surface area contributed by atoms with Crippen LogP contribution in [0.4, 0.5) is 0 Å². The maximum Gasteiger partial charge on any atom is 0.0624 e. The van der Waals surface area contributed by atoms with Gasteiger partial charge in [0.05, 0.1) is 19.3 Å². The third kappa shape index (κ3) is 0.650. The Kier molecular flexibility index (Phi) is 1.000. The summed E-state index contributed by atoms with van der Waals surface area (Å²) < 4.78 is 5.17. The molecule has 2 heteroatoms. The fourth-order valence-corrected chi connectivity index (χ4v) is 1.77. The Labute approximate surface area is 54.4 Å². The van der Waals surface area contributed by atoms with E-state index in [2.05, 4.69) is 6.07 Å². The number of ether oxygens (including phenoxy) is 1. The predicted molar refractivity (Wildman–Crippen MR) is 31.5 cm³/mol. The van der Waals surface area contributed by atoms with Crippen molar-refractivity contribution < 1.29 is 4.74 Å². The fraction of sp³-hybridized carbons (Fsp3) is 0.857. The van der Waals surface area contributed by atoms with Crippen molar-refractivity contribution in [1.82, 2.24) is 0 Å². The highest BCUT2D eigenvalue weighted by Gasteiger charge is 2.53. The smallest absolute Gasteiger partial charge is 0.0624 e. The molecule has 1 saturated heterocycles.